The van der Waals surface area contributed by atoms with E-state index in [0.29, 0.717) is 6.04 Å². The Morgan fingerprint density at radius 1 is 1.36 bits per heavy atom. The summed E-state index contributed by atoms with van der Waals surface area (Å²) in [5.41, 5.74) is 2.71. The molecule has 0 aliphatic heterocycles. The Labute approximate surface area is 86.5 Å². The number of guanidine groups is 1. The molecule has 14 heavy (non-hydrogen) atoms. The average molecular weight is 198 g/mol. The molecule has 0 saturated heterocycles. The Bertz CT molecular complexity index is 181. The van der Waals surface area contributed by atoms with Crippen molar-refractivity contribution >= 4 is 5.96 Å². The molecule has 4 heteroatoms. The minimum absolute atomic E-state index is 0.488. The average Bonchev–Trinajstić information content (AvgIpc) is 2.70. The molecule has 0 aromatic heterocycles. The monoisotopic (exact) mass is 198 g/mol. The smallest absolute Gasteiger partial charge is 0.208 e. The normalized spacial score (nSPS) is 18.6. The van der Waals surface area contributed by atoms with Crippen LogP contribution in [0.2, 0.25) is 0 Å². The molecule has 1 aliphatic carbocycles. The lowest BCUT2D eigenvalue weighted by molar-refractivity contribution is 0.441. The summed E-state index contributed by atoms with van der Waals surface area (Å²) < 4.78 is 0. The van der Waals surface area contributed by atoms with E-state index in [9.17, 15) is 0 Å². The van der Waals surface area contributed by atoms with Crippen LogP contribution in [0.4, 0.5) is 0 Å². The first-order valence-electron chi connectivity index (χ1n) is 5.61. The summed E-state index contributed by atoms with van der Waals surface area (Å²) in [6.07, 6.45) is 5.05. The SMILES string of the molecule is CCN(CC)C(=NC1CCCC1)NN. The highest BCUT2D eigenvalue weighted by molar-refractivity contribution is 5.79. The lowest BCUT2D eigenvalue weighted by Gasteiger charge is -2.23. The van der Waals surface area contributed by atoms with Crippen LogP contribution < -0.4 is 11.3 Å². The summed E-state index contributed by atoms with van der Waals surface area (Å²) in [5.74, 6) is 6.33. The third-order valence-electron chi connectivity index (χ3n) is 2.82. The Kier molecular flexibility index (Phi) is 4.73. The minimum atomic E-state index is 0.488. The Balaban J connectivity index is 2.57. The zero-order valence-electron chi connectivity index (χ0n) is 9.29. The Morgan fingerprint density at radius 2 is 1.93 bits per heavy atom. The molecule has 1 rings (SSSR count). The van der Waals surface area contributed by atoms with E-state index in [-0.39, 0.29) is 0 Å². The summed E-state index contributed by atoms with van der Waals surface area (Å²) >= 11 is 0. The summed E-state index contributed by atoms with van der Waals surface area (Å²) in [6.45, 7) is 6.13. The molecule has 1 saturated carbocycles. The Morgan fingerprint density at radius 3 is 2.36 bits per heavy atom. The van der Waals surface area contributed by atoms with Gasteiger partial charge in [-0.2, -0.15) is 0 Å². The number of nitrogens with two attached hydrogens (primary N) is 1. The molecule has 0 radical (unpaired) electrons. The fourth-order valence-corrected chi connectivity index (χ4v) is 1.94. The first kappa shape index (κ1) is 11.3. The van der Waals surface area contributed by atoms with Gasteiger partial charge in [0.15, 0.2) is 0 Å². The van der Waals surface area contributed by atoms with Gasteiger partial charge >= 0.3 is 0 Å². The highest BCUT2D eigenvalue weighted by Gasteiger charge is 2.16. The van der Waals surface area contributed by atoms with Crippen LogP contribution in [0.3, 0.4) is 0 Å². The van der Waals surface area contributed by atoms with Gasteiger partial charge in [0.2, 0.25) is 5.96 Å². The molecule has 0 aromatic rings. The molecule has 82 valence electrons. The maximum Gasteiger partial charge on any atom is 0.208 e. The third kappa shape index (κ3) is 2.87. The van der Waals surface area contributed by atoms with Gasteiger partial charge < -0.3 is 4.90 Å². The van der Waals surface area contributed by atoms with E-state index < -0.39 is 0 Å². The quantitative estimate of drug-likeness (QED) is 0.309. The molecule has 3 N–H and O–H groups in total. The van der Waals surface area contributed by atoms with Gasteiger partial charge in [-0.1, -0.05) is 12.8 Å². The van der Waals surface area contributed by atoms with Crippen molar-refractivity contribution in [2.45, 2.75) is 45.6 Å². The van der Waals surface area contributed by atoms with Gasteiger partial charge in [0.25, 0.3) is 0 Å². The van der Waals surface area contributed by atoms with Crippen molar-refractivity contribution in [3.05, 3.63) is 0 Å². The second-order valence-corrected chi connectivity index (χ2v) is 3.71. The van der Waals surface area contributed by atoms with Crippen LogP contribution in [0.1, 0.15) is 39.5 Å². The van der Waals surface area contributed by atoms with Gasteiger partial charge in [0, 0.05) is 13.1 Å². The van der Waals surface area contributed by atoms with Gasteiger partial charge in [0.1, 0.15) is 0 Å². The zero-order chi connectivity index (χ0) is 10.4. The number of hydrogen-bond acceptors (Lipinski definition) is 2. The summed E-state index contributed by atoms with van der Waals surface area (Å²) in [4.78, 5) is 6.79. The number of rotatable bonds is 3. The molecule has 1 aliphatic rings. The van der Waals surface area contributed by atoms with Crippen LogP contribution in [0.5, 0.6) is 0 Å². The van der Waals surface area contributed by atoms with E-state index in [1.165, 1.54) is 25.7 Å². The van der Waals surface area contributed by atoms with E-state index >= 15 is 0 Å². The second-order valence-electron chi connectivity index (χ2n) is 3.71. The van der Waals surface area contributed by atoms with Gasteiger partial charge in [-0.15, -0.1) is 0 Å². The minimum Gasteiger partial charge on any atom is -0.342 e. The fourth-order valence-electron chi connectivity index (χ4n) is 1.94. The van der Waals surface area contributed by atoms with Gasteiger partial charge in [-0.3, -0.25) is 5.43 Å². The van der Waals surface area contributed by atoms with Gasteiger partial charge in [-0.25, -0.2) is 10.8 Å². The van der Waals surface area contributed by atoms with Gasteiger partial charge in [-0.05, 0) is 26.7 Å². The molecular formula is C10H22N4. The predicted octanol–water partition coefficient (Wildman–Crippen LogP) is 1.09. The summed E-state index contributed by atoms with van der Waals surface area (Å²) in [6, 6.07) is 0.488. The maximum absolute atomic E-state index is 5.48. The lowest BCUT2D eigenvalue weighted by atomic mass is 10.3. The summed E-state index contributed by atoms with van der Waals surface area (Å²) in [7, 11) is 0. The third-order valence-corrected chi connectivity index (χ3v) is 2.82. The molecule has 0 amide bonds. The van der Waals surface area contributed by atoms with Crippen LogP contribution in [0, 0.1) is 0 Å². The first-order chi connectivity index (χ1) is 6.81. The van der Waals surface area contributed by atoms with Crippen LogP contribution in [0.25, 0.3) is 0 Å². The Hall–Kier alpha value is -0.770. The number of hydrazine groups is 1. The van der Waals surface area contributed by atoms with Crippen molar-refractivity contribution in [3.8, 4) is 0 Å². The molecule has 0 heterocycles. The topological polar surface area (TPSA) is 53.6 Å². The first-order valence-corrected chi connectivity index (χ1v) is 5.61. The van der Waals surface area contributed by atoms with Crippen LogP contribution in [0.15, 0.2) is 4.99 Å². The van der Waals surface area contributed by atoms with Gasteiger partial charge in [0.05, 0.1) is 6.04 Å². The van der Waals surface area contributed by atoms with Crippen molar-refractivity contribution in [1.29, 1.82) is 0 Å². The van der Waals surface area contributed by atoms with Crippen molar-refractivity contribution in [2.24, 2.45) is 10.8 Å². The second kappa shape index (κ2) is 5.86. The fraction of sp³-hybridized carbons (Fsp3) is 0.900. The number of nitrogens with one attached hydrogen (secondary N) is 1. The van der Waals surface area contributed by atoms with E-state index in [1.807, 2.05) is 0 Å². The molecule has 4 nitrogen and oxygen atoms in total. The molecule has 0 unspecified atom stereocenters. The van der Waals surface area contributed by atoms with Crippen LogP contribution in [-0.4, -0.2) is 30.0 Å². The molecular weight excluding hydrogens is 176 g/mol. The van der Waals surface area contributed by atoms with E-state index in [4.69, 9.17) is 5.84 Å². The van der Waals surface area contributed by atoms with Crippen molar-refractivity contribution < 1.29 is 0 Å². The summed E-state index contributed by atoms with van der Waals surface area (Å²) in [5, 5.41) is 0. The van der Waals surface area contributed by atoms with Crippen molar-refractivity contribution in [3.63, 3.8) is 0 Å². The highest BCUT2D eigenvalue weighted by atomic mass is 15.4. The standard InChI is InChI=1S/C10H22N4/c1-3-14(4-2)10(13-11)12-9-7-5-6-8-9/h9H,3-8,11H2,1-2H3,(H,12,13). The van der Waals surface area contributed by atoms with E-state index in [0.717, 1.165) is 19.0 Å². The molecule has 0 bridgehead atoms. The number of aliphatic imine (C=N–C) groups is 1. The van der Waals surface area contributed by atoms with Crippen LogP contribution in [-0.2, 0) is 0 Å². The molecule has 1 fully saturated rings. The largest absolute Gasteiger partial charge is 0.342 e. The molecule has 0 atom stereocenters. The zero-order valence-corrected chi connectivity index (χ0v) is 9.29. The molecule has 0 spiro atoms. The highest BCUT2D eigenvalue weighted by Crippen LogP contribution is 2.20. The number of hydrogen-bond donors (Lipinski definition) is 2. The van der Waals surface area contributed by atoms with Crippen molar-refractivity contribution in [2.75, 3.05) is 13.1 Å². The van der Waals surface area contributed by atoms with Crippen LogP contribution >= 0.6 is 0 Å². The molecule has 0 aromatic carbocycles. The number of nitrogens with zero attached hydrogens (tertiary/aromatic N) is 2. The predicted molar refractivity (Wildman–Crippen MR) is 59.9 cm³/mol. The van der Waals surface area contributed by atoms with E-state index in [2.05, 4.69) is 29.2 Å². The van der Waals surface area contributed by atoms with E-state index in [1.54, 1.807) is 0 Å². The van der Waals surface area contributed by atoms with Crippen molar-refractivity contribution in [1.82, 2.24) is 10.3 Å². The lowest BCUT2D eigenvalue weighted by Crippen LogP contribution is -2.45. The maximum atomic E-state index is 5.48.